The molecule has 0 saturated heterocycles. The van der Waals surface area contributed by atoms with Gasteiger partial charge in [-0.25, -0.2) is 0 Å². The molecule has 1 nitrogen and oxygen atoms in total. The van der Waals surface area contributed by atoms with E-state index in [0.29, 0.717) is 0 Å². The fourth-order valence-corrected chi connectivity index (χ4v) is 3.03. The van der Waals surface area contributed by atoms with Crippen molar-refractivity contribution in [2.45, 2.75) is 83.6 Å². The molecule has 1 unspecified atom stereocenters. The van der Waals surface area contributed by atoms with E-state index < -0.39 is 0 Å². The van der Waals surface area contributed by atoms with Gasteiger partial charge in [0.05, 0.1) is 0 Å². The van der Waals surface area contributed by atoms with Crippen LogP contribution in [0.25, 0.3) is 0 Å². The van der Waals surface area contributed by atoms with Gasteiger partial charge in [0.1, 0.15) is 0 Å². The summed E-state index contributed by atoms with van der Waals surface area (Å²) < 4.78 is 0. The first-order valence-corrected chi connectivity index (χ1v) is 7.02. The van der Waals surface area contributed by atoms with Gasteiger partial charge in [-0.2, -0.15) is 0 Å². The molecule has 0 aromatic rings. The van der Waals surface area contributed by atoms with Crippen molar-refractivity contribution in [3.05, 3.63) is 0 Å². The van der Waals surface area contributed by atoms with E-state index >= 15 is 0 Å². The van der Waals surface area contributed by atoms with Gasteiger partial charge in [-0.3, -0.25) is 0 Å². The molecule has 1 heteroatoms. The van der Waals surface area contributed by atoms with Crippen LogP contribution >= 0.6 is 0 Å². The van der Waals surface area contributed by atoms with Gasteiger partial charge in [-0.15, -0.1) is 0 Å². The van der Waals surface area contributed by atoms with Crippen LogP contribution in [0.5, 0.6) is 0 Å². The van der Waals surface area contributed by atoms with E-state index in [2.05, 4.69) is 13.8 Å². The van der Waals surface area contributed by atoms with Gasteiger partial charge in [0.2, 0.25) is 0 Å². The highest BCUT2D eigenvalue weighted by molar-refractivity contribution is 4.90. The maximum atomic E-state index is 6.63. The molecule has 15 heavy (non-hydrogen) atoms. The number of hydrogen-bond donors (Lipinski definition) is 1. The van der Waals surface area contributed by atoms with E-state index in [9.17, 15) is 0 Å². The van der Waals surface area contributed by atoms with Gasteiger partial charge >= 0.3 is 0 Å². The average Bonchev–Trinajstić information content (AvgIpc) is 2.54. The molecular weight excluding hydrogens is 182 g/mol. The predicted molar refractivity (Wildman–Crippen MR) is 67.9 cm³/mol. The van der Waals surface area contributed by atoms with E-state index in [1.165, 1.54) is 57.8 Å². The smallest absolute Gasteiger partial charge is 0.0180 e. The number of hydrogen-bond acceptors (Lipinski definition) is 1. The standard InChI is InChI=1S/C14H29N/c1-3-5-12-14(15,4-2)13-10-8-6-7-9-11-13/h13H,3-12,15H2,1-2H3. The zero-order valence-corrected chi connectivity index (χ0v) is 10.7. The Bertz CT molecular complexity index is 159. The molecule has 0 radical (unpaired) electrons. The third kappa shape index (κ3) is 3.79. The summed E-state index contributed by atoms with van der Waals surface area (Å²) in [6.45, 7) is 4.55. The normalized spacial score (nSPS) is 23.4. The van der Waals surface area contributed by atoms with Crippen LogP contribution in [0.1, 0.15) is 78.1 Å². The fourth-order valence-electron chi connectivity index (χ4n) is 3.03. The van der Waals surface area contributed by atoms with Crippen LogP contribution < -0.4 is 5.73 Å². The largest absolute Gasteiger partial charge is 0.325 e. The molecule has 2 N–H and O–H groups in total. The van der Waals surface area contributed by atoms with Crippen LogP contribution in [0.2, 0.25) is 0 Å². The second-order valence-corrected chi connectivity index (χ2v) is 5.38. The van der Waals surface area contributed by atoms with Gasteiger partial charge in [0.25, 0.3) is 0 Å². The Labute approximate surface area is 95.8 Å². The van der Waals surface area contributed by atoms with Crippen molar-refractivity contribution in [3.8, 4) is 0 Å². The highest BCUT2D eigenvalue weighted by atomic mass is 14.8. The van der Waals surface area contributed by atoms with Crippen molar-refractivity contribution in [2.24, 2.45) is 11.7 Å². The quantitative estimate of drug-likeness (QED) is 0.676. The summed E-state index contributed by atoms with van der Waals surface area (Å²) in [5.41, 5.74) is 6.78. The Kier molecular flexibility index (Phi) is 5.66. The molecule has 1 atom stereocenters. The lowest BCUT2D eigenvalue weighted by molar-refractivity contribution is 0.214. The summed E-state index contributed by atoms with van der Waals surface area (Å²) in [4.78, 5) is 0. The topological polar surface area (TPSA) is 26.0 Å². The number of unbranched alkanes of at least 4 members (excludes halogenated alkanes) is 1. The average molecular weight is 211 g/mol. The summed E-state index contributed by atoms with van der Waals surface area (Å²) in [6, 6.07) is 0. The predicted octanol–water partition coefficient (Wildman–Crippen LogP) is 4.25. The fraction of sp³-hybridized carbons (Fsp3) is 1.00. The minimum Gasteiger partial charge on any atom is -0.325 e. The molecule has 0 aliphatic heterocycles. The maximum absolute atomic E-state index is 6.63. The van der Waals surface area contributed by atoms with E-state index in [1.54, 1.807) is 0 Å². The lowest BCUT2D eigenvalue weighted by Gasteiger charge is -2.37. The van der Waals surface area contributed by atoms with Gasteiger partial charge in [-0.1, -0.05) is 52.4 Å². The van der Waals surface area contributed by atoms with Crippen LogP contribution in [0.15, 0.2) is 0 Å². The highest BCUT2D eigenvalue weighted by Gasteiger charge is 2.32. The first-order chi connectivity index (χ1) is 7.23. The molecule has 0 aromatic heterocycles. The Morgan fingerprint density at radius 2 is 1.67 bits per heavy atom. The van der Waals surface area contributed by atoms with Gasteiger partial charge in [-0.05, 0) is 31.6 Å². The minimum absolute atomic E-state index is 0.153. The Hall–Kier alpha value is -0.0400. The minimum atomic E-state index is 0.153. The monoisotopic (exact) mass is 211 g/mol. The lowest BCUT2D eigenvalue weighted by Crippen LogP contribution is -2.46. The van der Waals surface area contributed by atoms with Crippen molar-refractivity contribution in [3.63, 3.8) is 0 Å². The van der Waals surface area contributed by atoms with Gasteiger partial charge < -0.3 is 5.73 Å². The zero-order valence-electron chi connectivity index (χ0n) is 10.7. The van der Waals surface area contributed by atoms with Crippen LogP contribution in [-0.2, 0) is 0 Å². The zero-order chi connectivity index (χ0) is 11.1. The second-order valence-electron chi connectivity index (χ2n) is 5.38. The summed E-state index contributed by atoms with van der Waals surface area (Å²) in [5.74, 6) is 0.802. The number of nitrogens with two attached hydrogens (primary N) is 1. The molecule has 1 fully saturated rings. The van der Waals surface area contributed by atoms with Crippen LogP contribution in [0, 0.1) is 5.92 Å². The summed E-state index contributed by atoms with van der Waals surface area (Å²) in [7, 11) is 0. The highest BCUT2D eigenvalue weighted by Crippen LogP contribution is 2.35. The van der Waals surface area contributed by atoms with Crippen molar-refractivity contribution < 1.29 is 0 Å². The maximum Gasteiger partial charge on any atom is 0.0180 e. The van der Waals surface area contributed by atoms with Crippen molar-refractivity contribution >= 4 is 0 Å². The molecular formula is C14H29N. The molecule has 90 valence electrons. The Morgan fingerprint density at radius 1 is 1.07 bits per heavy atom. The third-order valence-electron chi connectivity index (χ3n) is 4.32. The summed E-state index contributed by atoms with van der Waals surface area (Å²) >= 11 is 0. The van der Waals surface area contributed by atoms with Gasteiger partial charge in [0.15, 0.2) is 0 Å². The van der Waals surface area contributed by atoms with Crippen molar-refractivity contribution in [1.29, 1.82) is 0 Å². The first-order valence-electron chi connectivity index (χ1n) is 7.02. The molecule has 0 amide bonds. The molecule has 0 heterocycles. The van der Waals surface area contributed by atoms with E-state index in [-0.39, 0.29) is 5.54 Å². The van der Waals surface area contributed by atoms with Crippen LogP contribution in [-0.4, -0.2) is 5.54 Å². The summed E-state index contributed by atoms with van der Waals surface area (Å²) in [6.07, 6.45) is 13.5. The van der Waals surface area contributed by atoms with Crippen LogP contribution in [0.3, 0.4) is 0 Å². The van der Waals surface area contributed by atoms with Crippen molar-refractivity contribution in [2.75, 3.05) is 0 Å². The molecule has 0 bridgehead atoms. The number of rotatable bonds is 5. The molecule has 0 aromatic carbocycles. The molecule has 1 rings (SSSR count). The second kappa shape index (κ2) is 6.52. The van der Waals surface area contributed by atoms with E-state index in [1.807, 2.05) is 0 Å². The summed E-state index contributed by atoms with van der Waals surface area (Å²) in [5, 5.41) is 0. The van der Waals surface area contributed by atoms with E-state index in [4.69, 9.17) is 5.73 Å². The molecule has 0 spiro atoms. The lowest BCUT2D eigenvalue weighted by atomic mass is 9.75. The third-order valence-corrected chi connectivity index (χ3v) is 4.32. The van der Waals surface area contributed by atoms with Crippen molar-refractivity contribution in [1.82, 2.24) is 0 Å². The van der Waals surface area contributed by atoms with Gasteiger partial charge in [0, 0.05) is 5.54 Å². The van der Waals surface area contributed by atoms with E-state index in [0.717, 1.165) is 12.3 Å². The molecule has 1 saturated carbocycles. The SMILES string of the molecule is CCCCC(N)(CC)C1CCCCCC1. The molecule has 1 aliphatic rings. The Balaban J connectivity index is 2.52. The molecule has 1 aliphatic carbocycles. The first kappa shape index (κ1) is 13.0. The van der Waals surface area contributed by atoms with Crippen LogP contribution in [0.4, 0.5) is 0 Å². The Morgan fingerprint density at radius 3 is 2.13 bits per heavy atom.